The lowest BCUT2D eigenvalue weighted by Gasteiger charge is -1.95. The summed E-state index contributed by atoms with van der Waals surface area (Å²) in [6, 6.07) is 0. The van der Waals surface area contributed by atoms with Gasteiger partial charge < -0.3 is 21.1 Å². The molecule has 80 valence electrons. The molecular weight excluding hydrogens is 226 g/mol. The Bertz CT molecular complexity index is 462. The summed E-state index contributed by atoms with van der Waals surface area (Å²) in [6.07, 6.45) is 0. The normalized spacial score (nSPS) is 9.87. The zero-order valence-electron chi connectivity index (χ0n) is 7.05. The molecule has 0 unspecified atom stereocenters. The lowest BCUT2D eigenvalue weighted by Crippen LogP contribution is -2.10. The van der Waals surface area contributed by atoms with Crippen LogP contribution in [0.4, 0.5) is 5.00 Å². The van der Waals surface area contributed by atoms with Gasteiger partial charge in [-0.3, -0.25) is 0 Å². The van der Waals surface area contributed by atoms with E-state index in [4.69, 9.17) is 21.1 Å². The first-order valence-electron chi connectivity index (χ1n) is 3.48. The van der Waals surface area contributed by atoms with Crippen LogP contribution in [0.5, 0.6) is 0 Å². The van der Waals surface area contributed by atoms with E-state index in [9.17, 15) is 14.4 Å². The van der Waals surface area contributed by atoms with Crippen LogP contribution in [0.3, 0.4) is 0 Å². The fourth-order valence-electron chi connectivity index (χ4n) is 1.02. The summed E-state index contributed by atoms with van der Waals surface area (Å²) >= 11 is 0.422. The molecule has 0 bridgehead atoms. The number of carbonyl (C=O) groups is 3. The maximum atomic E-state index is 10.7. The Hall–Kier alpha value is -2.09. The van der Waals surface area contributed by atoms with E-state index in [1.54, 1.807) is 0 Å². The fraction of sp³-hybridized carbons (Fsp3) is 0. The van der Waals surface area contributed by atoms with Gasteiger partial charge in [0, 0.05) is 0 Å². The largest absolute Gasteiger partial charge is 0.478 e. The maximum absolute atomic E-state index is 10.7. The molecule has 15 heavy (non-hydrogen) atoms. The van der Waals surface area contributed by atoms with Crippen LogP contribution in [0.15, 0.2) is 0 Å². The molecule has 0 atom stereocenters. The summed E-state index contributed by atoms with van der Waals surface area (Å²) in [6.45, 7) is 0. The molecule has 1 aromatic rings. The number of thiophene rings is 1. The molecule has 0 aliphatic rings. The molecule has 0 saturated carbocycles. The molecule has 0 aliphatic heterocycles. The first kappa shape index (κ1) is 11.0. The highest BCUT2D eigenvalue weighted by atomic mass is 32.1. The van der Waals surface area contributed by atoms with Gasteiger partial charge in [0.05, 0.1) is 0 Å². The average molecular weight is 231 g/mol. The highest BCUT2D eigenvalue weighted by molar-refractivity contribution is 7.18. The molecule has 1 rings (SSSR count). The molecule has 1 heterocycles. The van der Waals surface area contributed by atoms with Gasteiger partial charge in [-0.25, -0.2) is 14.4 Å². The van der Waals surface area contributed by atoms with E-state index in [0.29, 0.717) is 11.3 Å². The Labute approximate surface area is 86.4 Å². The third-order valence-corrected chi connectivity index (χ3v) is 2.56. The van der Waals surface area contributed by atoms with Gasteiger partial charge in [0.15, 0.2) is 0 Å². The lowest BCUT2D eigenvalue weighted by atomic mass is 10.1. The molecule has 7 nitrogen and oxygen atoms in total. The van der Waals surface area contributed by atoms with E-state index in [-0.39, 0.29) is 5.00 Å². The molecule has 8 heteroatoms. The number of anilines is 1. The Morgan fingerprint density at radius 1 is 0.933 bits per heavy atom. The highest BCUT2D eigenvalue weighted by Gasteiger charge is 2.29. The van der Waals surface area contributed by atoms with E-state index in [2.05, 4.69) is 0 Å². The van der Waals surface area contributed by atoms with Gasteiger partial charge in [-0.1, -0.05) is 0 Å². The smallest absolute Gasteiger partial charge is 0.346 e. The minimum Gasteiger partial charge on any atom is -0.478 e. The number of hydrogen-bond donors (Lipinski definition) is 4. The monoisotopic (exact) mass is 231 g/mol. The van der Waals surface area contributed by atoms with Gasteiger partial charge in [-0.2, -0.15) is 0 Å². The predicted molar refractivity (Wildman–Crippen MR) is 49.6 cm³/mol. The summed E-state index contributed by atoms with van der Waals surface area (Å²) in [5.41, 5.74) is 3.77. The maximum Gasteiger partial charge on any atom is 0.346 e. The van der Waals surface area contributed by atoms with Gasteiger partial charge in [0.1, 0.15) is 21.0 Å². The van der Waals surface area contributed by atoms with Crippen molar-refractivity contribution in [2.24, 2.45) is 0 Å². The van der Waals surface area contributed by atoms with Gasteiger partial charge in [-0.15, -0.1) is 11.3 Å². The molecule has 0 amide bonds. The molecule has 0 aliphatic carbocycles. The number of aromatic carboxylic acids is 3. The Kier molecular flexibility index (Phi) is 2.62. The van der Waals surface area contributed by atoms with Crippen molar-refractivity contribution in [3.8, 4) is 0 Å². The lowest BCUT2D eigenvalue weighted by molar-refractivity contribution is 0.0638. The van der Waals surface area contributed by atoms with Crippen molar-refractivity contribution in [3.05, 3.63) is 16.0 Å². The van der Waals surface area contributed by atoms with E-state index in [0.717, 1.165) is 0 Å². The minimum atomic E-state index is -1.63. The highest BCUT2D eigenvalue weighted by Crippen LogP contribution is 2.31. The first-order valence-corrected chi connectivity index (χ1v) is 4.30. The van der Waals surface area contributed by atoms with Gasteiger partial charge >= 0.3 is 17.9 Å². The minimum absolute atomic E-state index is 0.336. The fourth-order valence-corrected chi connectivity index (χ4v) is 1.91. The standard InChI is InChI=1S/C7H5NO6S/c8-4-2(6(11)12)1(5(9)10)3(15-4)7(13)14/h8H2,(H,9,10)(H,11,12)(H,13,14). The van der Waals surface area contributed by atoms with Crippen molar-refractivity contribution in [1.82, 2.24) is 0 Å². The van der Waals surface area contributed by atoms with Crippen molar-refractivity contribution in [2.75, 3.05) is 5.73 Å². The number of rotatable bonds is 3. The van der Waals surface area contributed by atoms with Crippen molar-refractivity contribution in [2.45, 2.75) is 0 Å². The molecule has 0 radical (unpaired) electrons. The van der Waals surface area contributed by atoms with Crippen LogP contribution in [-0.2, 0) is 0 Å². The molecule has 0 fully saturated rings. The van der Waals surface area contributed by atoms with E-state index < -0.39 is 33.9 Å². The van der Waals surface area contributed by atoms with Gasteiger partial charge in [0.25, 0.3) is 0 Å². The van der Waals surface area contributed by atoms with Crippen LogP contribution in [0.2, 0.25) is 0 Å². The number of nitrogen functional groups attached to an aromatic ring is 1. The quantitative estimate of drug-likeness (QED) is 0.591. The Morgan fingerprint density at radius 2 is 1.40 bits per heavy atom. The van der Waals surface area contributed by atoms with Crippen LogP contribution >= 0.6 is 11.3 Å². The molecule has 0 aromatic carbocycles. The first-order chi connectivity index (χ1) is 6.86. The van der Waals surface area contributed by atoms with Crippen molar-refractivity contribution in [3.63, 3.8) is 0 Å². The van der Waals surface area contributed by atoms with Crippen LogP contribution < -0.4 is 5.73 Å². The van der Waals surface area contributed by atoms with E-state index >= 15 is 0 Å². The molecule has 0 saturated heterocycles. The van der Waals surface area contributed by atoms with Crippen molar-refractivity contribution < 1.29 is 29.7 Å². The second kappa shape index (κ2) is 3.58. The number of carboxylic acids is 3. The third kappa shape index (κ3) is 1.74. The predicted octanol–water partition coefficient (Wildman–Crippen LogP) is 0.425. The zero-order valence-corrected chi connectivity index (χ0v) is 7.87. The topological polar surface area (TPSA) is 138 Å². The number of nitrogens with two attached hydrogens (primary N) is 1. The number of hydrogen-bond acceptors (Lipinski definition) is 5. The summed E-state index contributed by atoms with van der Waals surface area (Å²) < 4.78 is 0. The van der Waals surface area contributed by atoms with Crippen LogP contribution in [-0.4, -0.2) is 33.2 Å². The second-order valence-corrected chi connectivity index (χ2v) is 3.51. The Balaban J connectivity index is 3.59. The summed E-state index contributed by atoms with van der Waals surface area (Å²) in [5.74, 6) is -4.71. The second-order valence-electron chi connectivity index (χ2n) is 2.46. The number of carboxylic acid groups (broad SMARTS) is 3. The van der Waals surface area contributed by atoms with Gasteiger partial charge in [-0.05, 0) is 0 Å². The summed E-state index contributed by atoms with van der Waals surface area (Å²) in [4.78, 5) is 31.4. The van der Waals surface area contributed by atoms with E-state index in [1.165, 1.54) is 0 Å². The third-order valence-electron chi connectivity index (χ3n) is 1.56. The SMILES string of the molecule is Nc1sc(C(=O)O)c(C(=O)O)c1C(=O)O. The van der Waals surface area contributed by atoms with Crippen LogP contribution in [0.25, 0.3) is 0 Å². The molecule has 1 aromatic heterocycles. The molecular formula is C7H5NO6S. The van der Waals surface area contributed by atoms with Gasteiger partial charge in [0.2, 0.25) is 0 Å². The summed E-state index contributed by atoms with van der Waals surface area (Å²) in [5, 5.41) is 25.6. The zero-order chi connectivity index (χ0) is 11.7. The average Bonchev–Trinajstić information content (AvgIpc) is 2.42. The van der Waals surface area contributed by atoms with Crippen LogP contribution in [0, 0.1) is 0 Å². The van der Waals surface area contributed by atoms with Crippen molar-refractivity contribution >= 4 is 34.2 Å². The van der Waals surface area contributed by atoms with E-state index in [1.807, 2.05) is 0 Å². The van der Waals surface area contributed by atoms with Crippen LogP contribution in [0.1, 0.15) is 30.4 Å². The summed E-state index contributed by atoms with van der Waals surface area (Å²) in [7, 11) is 0. The molecule has 5 N–H and O–H groups in total. The van der Waals surface area contributed by atoms with Crippen molar-refractivity contribution in [1.29, 1.82) is 0 Å². The molecule has 0 spiro atoms. The Morgan fingerprint density at radius 3 is 1.73 bits per heavy atom.